The number of benzene rings is 4. The van der Waals surface area contributed by atoms with Crippen molar-refractivity contribution in [2.24, 2.45) is 0 Å². The molecule has 1 saturated carbocycles. The summed E-state index contributed by atoms with van der Waals surface area (Å²) in [6, 6.07) is 30.7. The van der Waals surface area contributed by atoms with E-state index in [0.717, 1.165) is 59.9 Å². The van der Waals surface area contributed by atoms with Gasteiger partial charge in [-0.2, -0.15) is 0 Å². The molecule has 0 spiro atoms. The summed E-state index contributed by atoms with van der Waals surface area (Å²) in [7, 11) is -4.15. The topological polar surface area (TPSA) is 86.8 Å². The molecule has 1 fully saturated rings. The second-order valence-corrected chi connectivity index (χ2v) is 14.7. The predicted molar refractivity (Wildman–Crippen MR) is 192 cm³/mol. The van der Waals surface area contributed by atoms with Gasteiger partial charge in [0.25, 0.3) is 10.0 Å². The van der Waals surface area contributed by atoms with Gasteiger partial charge in [0.2, 0.25) is 11.8 Å². The van der Waals surface area contributed by atoms with Gasteiger partial charge < -0.3 is 10.2 Å². The Morgan fingerprint density at radius 3 is 2.15 bits per heavy atom. The van der Waals surface area contributed by atoms with Crippen LogP contribution >= 0.6 is 0 Å². The molecule has 4 aromatic rings. The zero-order valence-electron chi connectivity index (χ0n) is 28.3. The van der Waals surface area contributed by atoms with E-state index >= 15 is 0 Å². The van der Waals surface area contributed by atoms with Crippen LogP contribution in [0.1, 0.15) is 66.8 Å². The minimum atomic E-state index is -4.15. The summed E-state index contributed by atoms with van der Waals surface area (Å²) >= 11 is 0. The van der Waals surface area contributed by atoms with Crippen molar-refractivity contribution in [2.75, 3.05) is 10.8 Å². The molecule has 0 heterocycles. The van der Waals surface area contributed by atoms with Crippen LogP contribution in [0.15, 0.2) is 108 Å². The van der Waals surface area contributed by atoms with Gasteiger partial charge in [-0.15, -0.1) is 0 Å². The third kappa shape index (κ3) is 8.72. The quantitative estimate of drug-likeness (QED) is 0.164. The first kappa shape index (κ1) is 34.9. The van der Waals surface area contributed by atoms with Crippen LogP contribution in [0.2, 0.25) is 0 Å². The molecule has 0 saturated heterocycles. The summed E-state index contributed by atoms with van der Waals surface area (Å²) in [5.41, 5.74) is 5.02. The molecule has 252 valence electrons. The number of amides is 2. The standard InChI is InChI=1S/C40H47N3O4S/c1-4-34-18-11-12-21-37(34)43(48(46,47)36-24-22-30(2)23-25-36)29-39(44)42(28-33-17-13-14-31(3)26-33)38(27-32-15-7-5-8-16-32)40(45)41-35-19-9-6-10-20-35/h5,7-8,11-18,21-26,35,38H,4,6,9-10,19-20,27-29H2,1-3H3,(H,41,45)/t38-/m0/s1. The second-order valence-electron chi connectivity index (χ2n) is 12.9. The molecular weight excluding hydrogens is 619 g/mol. The molecule has 1 aliphatic carbocycles. The number of carbonyl (C=O) groups is 2. The van der Waals surface area contributed by atoms with E-state index in [1.54, 1.807) is 41.3 Å². The van der Waals surface area contributed by atoms with Crippen molar-refractivity contribution in [3.05, 3.63) is 131 Å². The van der Waals surface area contributed by atoms with E-state index < -0.39 is 28.5 Å². The van der Waals surface area contributed by atoms with E-state index in [-0.39, 0.29) is 23.4 Å². The van der Waals surface area contributed by atoms with Gasteiger partial charge >= 0.3 is 0 Å². The largest absolute Gasteiger partial charge is 0.352 e. The second kappa shape index (κ2) is 16.1. The van der Waals surface area contributed by atoms with Crippen molar-refractivity contribution < 1.29 is 18.0 Å². The predicted octanol–water partition coefficient (Wildman–Crippen LogP) is 7.15. The third-order valence-corrected chi connectivity index (χ3v) is 11.0. The fourth-order valence-corrected chi connectivity index (χ4v) is 7.96. The molecule has 48 heavy (non-hydrogen) atoms. The number of nitrogens with zero attached hydrogens (tertiary/aromatic N) is 2. The van der Waals surface area contributed by atoms with Crippen LogP contribution in [0, 0.1) is 13.8 Å². The number of para-hydroxylation sites is 1. The Morgan fingerprint density at radius 2 is 1.46 bits per heavy atom. The van der Waals surface area contributed by atoms with Crippen LogP contribution in [-0.4, -0.2) is 43.8 Å². The SMILES string of the molecule is CCc1ccccc1N(CC(=O)N(Cc1cccc(C)c1)[C@@H](Cc1ccccc1)C(=O)NC1CCCCC1)S(=O)(=O)c1ccc(C)cc1. The maximum atomic E-state index is 14.8. The van der Waals surface area contributed by atoms with E-state index in [9.17, 15) is 18.0 Å². The molecule has 5 rings (SSSR count). The number of rotatable bonds is 13. The minimum Gasteiger partial charge on any atom is -0.352 e. The van der Waals surface area contributed by atoms with Crippen LogP contribution < -0.4 is 9.62 Å². The van der Waals surface area contributed by atoms with Crippen molar-refractivity contribution in [2.45, 2.75) is 89.2 Å². The number of hydrogen-bond donors (Lipinski definition) is 1. The molecule has 0 radical (unpaired) electrons. The maximum Gasteiger partial charge on any atom is 0.264 e. The van der Waals surface area contributed by atoms with Gasteiger partial charge in [-0.3, -0.25) is 13.9 Å². The Labute approximate surface area is 286 Å². The average Bonchev–Trinajstić information content (AvgIpc) is 3.09. The summed E-state index contributed by atoms with van der Waals surface area (Å²) in [5, 5.41) is 3.27. The smallest absolute Gasteiger partial charge is 0.264 e. The highest BCUT2D eigenvalue weighted by Gasteiger charge is 2.36. The van der Waals surface area contributed by atoms with Gasteiger partial charge in [0.05, 0.1) is 10.6 Å². The number of anilines is 1. The normalized spacial score (nSPS) is 14.2. The highest BCUT2D eigenvalue weighted by molar-refractivity contribution is 7.92. The van der Waals surface area contributed by atoms with Crippen molar-refractivity contribution >= 4 is 27.5 Å². The summed E-state index contributed by atoms with van der Waals surface area (Å²) in [6.45, 7) is 5.56. The molecule has 8 heteroatoms. The fraction of sp³-hybridized carbons (Fsp3) is 0.350. The van der Waals surface area contributed by atoms with Crippen LogP contribution in [0.5, 0.6) is 0 Å². The number of carbonyl (C=O) groups excluding carboxylic acids is 2. The molecule has 4 aromatic carbocycles. The van der Waals surface area contributed by atoms with Crippen LogP contribution in [0.25, 0.3) is 0 Å². The highest BCUT2D eigenvalue weighted by Crippen LogP contribution is 2.29. The van der Waals surface area contributed by atoms with Crippen LogP contribution in [0.3, 0.4) is 0 Å². The fourth-order valence-electron chi connectivity index (χ4n) is 6.51. The zero-order chi connectivity index (χ0) is 34.1. The lowest BCUT2D eigenvalue weighted by atomic mass is 9.94. The molecule has 1 N–H and O–H groups in total. The third-order valence-electron chi connectivity index (χ3n) is 9.19. The Hall–Kier alpha value is -4.43. The first-order valence-electron chi connectivity index (χ1n) is 17.0. The molecule has 0 bridgehead atoms. The number of hydrogen-bond acceptors (Lipinski definition) is 4. The highest BCUT2D eigenvalue weighted by atomic mass is 32.2. The molecule has 7 nitrogen and oxygen atoms in total. The lowest BCUT2D eigenvalue weighted by Gasteiger charge is -2.35. The Morgan fingerprint density at radius 1 is 0.792 bits per heavy atom. The first-order chi connectivity index (χ1) is 23.2. The molecule has 1 aliphatic rings. The van der Waals surface area contributed by atoms with E-state index in [0.29, 0.717) is 18.5 Å². The number of aryl methyl sites for hydroxylation is 3. The minimum absolute atomic E-state index is 0.0512. The molecule has 0 unspecified atom stereocenters. The van der Waals surface area contributed by atoms with E-state index in [1.807, 2.05) is 87.5 Å². The van der Waals surface area contributed by atoms with Crippen molar-refractivity contribution in [3.8, 4) is 0 Å². The van der Waals surface area contributed by atoms with Gasteiger partial charge in [0, 0.05) is 19.0 Å². The van der Waals surface area contributed by atoms with Crippen molar-refractivity contribution in [3.63, 3.8) is 0 Å². The van der Waals surface area contributed by atoms with Crippen LogP contribution in [-0.2, 0) is 39.0 Å². The number of sulfonamides is 1. The Kier molecular flexibility index (Phi) is 11.7. The van der Waals surface area contributed by atoms with Crippen LogP contribution in [0.4, 0.5) is 5.69 Å². The molecule has 2 amide bonds. The lowest BCUT2D eigenvalue weighted by molar-refractivity contribution is -0.140. The first-order valence-corrected chi connectivity index (χ1v) is 18.5. The average molecular weight is 666 g/mol. The molecule has 1 atom stereocenters. The Balaban J connectivity index is 1.58. The summed E-state index contributed by atoms with van der Waals surface area (Å²) in [4.78, 5) is 30.8. The van der Waals surface area contributed by atoms with E-state index in [1.165, 1.54) is 4.31 Å². The van der Waals surface area contributed by atoms with E-state index in [4.69, 9.17) is 0 Å². The number of nitrogens with one attached hydrogen (secondary N) is 1. The van der Waals surface area contributed by atoms with Crippen molar-refractivity contribution in [1.82, 2.24) is 10.2 Å². The van der Waals surface area contributed by atoms with Gasteiger partial charge in [-0.1, -0.05) is 122 Å². The van der Waals surface area contributed by atoms with E-state index in [2.05, 4.69) is 5.32 Å². The summed E-state index contributed by atoms with van der Waals surface area (Å²) in [5.74, 6) is -0.661. The zero-order valence-corrected chi connectivity index (χ0v) is 29.1. The molecule has 0 aliphatic heterocycles. The van der Waals surface area contributed by atoms with Crippen molar-refractivity contribution in [1.29, 1.82) is 0 Å². The monoisotopic (exact) mass is 665 g/mol. The molecular formula is C40H47N3O4S. The van der Waals surface area contributed by atoms with Gasteiger partial charge in [0.1, 0.15) is 12.6 Å². The molecule has 0 aromatic heterocycles. The van der Waals surface area contributed by atoms with Gasteiger partial charge in [0.15, 0.2) is 0 Å². The lowest BCUT2D eigenvalue weighted by Crippen LogP contribution is -2.55. The summed E-state index contributed by atoms with van der Waals surface area (Å²) < 4.78 is 30.0. The van der Waals surface area contributed by atoms with Gasteiger partial charge in [-0.25, -0.2) is 8.42 Å². The Bertz CT molecular complexity index is 1780. The van der Waals surface area contributed by atoms with Gasteiger partial charge in [-0.05, 0) is 68.0 Å². The summed E-state index contributed by atoms with van der Waals surface area (Å²) in [6.07, 6.45) is 5.97. The maximum absolute atomic E-state index is 14.8.